The van der Waals surface area contributed by atoms with Crippen LogP contribution in [-0.2, 0) is 4.79 Å². The van der Waals surface area contributed by atoms with Gasteiger partial charge in [0.05, 0.1) is 5.92 Å². The molecule has 3 saturated carbocycles. The molecule has 0 radical (unpaired) electrons. The van der Waals surface area contributed by atoms with E-state index in [9.17, 15) is 4.79 Å². The molecule has 0 aromatic heterocycles. The quantitative estimate of drug-likeness (QED) is 0.830. The van der Waals surface area contributed by atoms with Gasteiger partial charge in [0.15, 0.2) is 0 Å². The molecule has 3 rings (SSSR count). The molecule has 2 bridgehead atoms. The molecule has 3 nitrogen and oxygen atoms in total. The van der Waals surface area contributed by atoms with Crippen LogP contribution in [0.4, 0.5) is 0 Å². The Balaban J connectivity index is 1.41. The fourth-order valence-electron chi connectivity index (χ4n) is 5.06. The van der Waals surface area contributed by atoms with Crippen molar-refractivity contribution in [1.82, 2.24) is 5.32 Å². The maximum Gasteiger partial charge on any atom is 0.224 e. The largest absolute Gasteiger partial charge is 0.356 e. The molecule has 20 heavy (non-hydrogen) atoms. The highest BCUT2D eigenvalue weighted by molar-refractivity contribution is 5.80. The molecule has 0 saturated heterocycles. The molecule has 1 amide bonds. The highest BCUT2D eigenvalue weighted by Gasteiger charge is 2.48. The number of carbonyl (C=O) groups is 1. The van der Waals surface area contributed by atoms with Gasteiger partial charge < -0.3 is 11.1 Å². The summed E-state index contributed by atoms with van der Waals surface area (Å²) < 4.78 is 0. The highest BCUT2D eigenvalue weighted by Crippen LogP contribution is 2.47. The Bertz CT molecular complexity index is 355. The Labute approximate surface area is 123 Å². The molecule has 3 N–H and O–H groups in total. The SMILES string of the molecule is CC1CCCC(CCNC(=O)C2C3CCC(C3)C2N)C1. The van der Waals surface area contributed by atoms with Crippen LogP contribution in [0.25, 0.3) is 0 Å². The number of amides is 1. The molecule has 0 aromatic carbocycles. The summed E-state index contributed by atoms with van der Waals surface area (Å²) in [4.78, 5) is 12.4. The second-order valence-corrected chi connectivity index (χ2v) is 7.65. The zero-order valence-corrected chi connectivity index (χ0v) is 12.8. The molecular formula is C17H30N2O. The number of hydrogen-bond acceptors (Lipinski definition) is 2. The molecule has 3 aliphatic carbocycles. The number of nitrogens with one attached hydrogen (secondary N) is 1. The first kappa shape index (κ1) is 14.4. The summed E-state index contributed by atoms with van der Waals surface area (Å²) in [5.74, 6) is 3.25. The Morgan fingerprint density at radius 1 is 1.15 bits per heavy atom. The molecule has 0 aromatic rings. The minimum atomic E-state index is 0.110. The van der Waals surface area contributed by atoms with Gasteiger partial charge in [-0.05, 0) is 55.8 Å². The monoisotopic (exact) mass is 278 g/mol. The fraction of sp³-hybridized carbons (Fsp3) is 0.941. The third-order valence-electron chi connectivity index (χ3n) is 6.18. The summed E-state index contributed by atoms with van der Waals surface area (Å²) in [5, 5.41) is 3.18. The van der Waals surface area contributed by atoms with Crippen molar-refractivity contribution in [2.75, 3.05) is 6.54 Å². The smallest absolute Gasteiger partial charge is 0.224 e. The van der Waals surface area contributed by atoms with Gasteiger partial charge in [0, 0.05) is 12.6 Å². The predicted molar refractivity (Wildman–Crippen MR) is 81.0 cm³/mol. The van der Waals surface area contributed by atoms with Crippen molar-refractivity contribution >= 4 is 5.91 Å². The summed E-state index contributed by atoms with van der Waals surface area (Å²) in [6.07, 6.45) is 10.3. The number of carbonyl (C=O) groups excluding carboxylic acids is 1. The average Bonchev–Trinajstić information content (AvgIpc) is 2.99. The lowest BCUT2D eigenvalue weighted by molar-refractivity contribution is -0.127. The highest BCUT2D eigenvalue weighted by atomic mass is 16.1. The molecule has 3 heteroatoms. The van der Waals surface area contributed by atoms with Gasteiger partial charge in [0.25, 0.3) is 0 Å². The maximum atomic E-state index is 12.4. The Morgan fingerprint density at radius 3 is 2.65 bits per heavy atom. The van der Waals surface area contributed by atoms with Crippen molar-refractivity contribution in [1.29, 1.82) is 0 Å². The second kappa shape index (κ2) is 6.05. The lowest BCUT2D eigenvalue weighted by atomic mass is 9.81. The van der Waals surface area contributed by atoms with Crippen LogP contribution < -0.4 is 11.1 Å². The number of hydrogen-bond donors (Lipinski definition) is 2. The Hall–Kier alpha value is -0.570. The molecule has 3 fully saturated rings. The second-order valence-electron chi connectivity index (χ2n) is 7.65. The van der Waals surface area contributed by atoms with E-state index in [4.69, 9.17) is 5.73 Å². The van der Waals surface area contributed by atoms with E-state index in [1.54, 1.807) is 0 Å². The van der Waals surface area contributed by atoms with Crippen molar-refractivity contribution in [3.8, 4) is 0 Å². The van der Waals surface area contributed by atoms with E-state index >= 15 is 0 Å². The van der Waals surface area contributed by atoms with Crippen molar-refractivity contribution < 1.29 is 4.79 Å². The van der Waals surface area contributed by atoms with E-state index in [-0.39, 0.29) is 17.9 Å². The van der Waals surface area contributed by atoms with Crippen molar-refractivity contribution in [3.63, 3.8) is 0 Å². The van der Waals surface area contributed by atoms with Gasteiger partial charge in [0.2, 0.25) is 5.91 Å². The molecule has 6 atom stereocenters. The molecule has 3 aliphatic rings. The summed E-state index contributed by atoms with van der Waals surface area (Å²) in [6.45, 7) is 3.22. The summed E-state index contributed by atoms with van der Waals surface area (Å²) in [5.41, 5.74) is 6.24. The molecule has 0 heterocycles. The van der Waals surface area contributed by atoms with E-state index in [2.05, 4.69) is 12.2 Å². The number of rotatable bonds is 4. The van der Waals surface area contributed by atoms with Crippen LogP contribution in [0.1, 0.15) is 58.3 Å². The minimum absolute atomic E-state index is 0.110. The first-order chi connectivity index (χ1) is 9.65. The van der Waals surface area contributed by atoms with E-state index in [0.717, 1.165) is 24.8 Å². The zero-order valence-electron chi connectivity index (χ0n) is 12.8. The third-order valence-corrected chi connectivity index (χ3v) is 6.18. The van der Waals surface area contributed by atoms with Gasteiger partial charge >= 0.3 is 0 Å². The van der Waals surface area contributed by atoms with Crippen LogP contribution in [-0.4, -0.2) is 18.5 Å². The summed E-state index contributed by atoms with van der Waals surface area (Å²) in [7, 11) is 0. The van der Waals surface area contributed by atoms with E-state index in [1.807, 2.05) is 0 Å². The molecule has 114 valence electrons. The topological polar surface area (TPSA) is 55.1 Å². The van der Waals surface area contributed by atoms with Crippen LogP contribution in [0.15, 0.2) is 0 Å². The first-order valence-electron chi connectivity index (χ1n) is 8.68. The van der Waals surface area contributed by atoms with Gasteiger partial charge in [-0.3, -0.25) is 4.79 Å². The minimum Gasteiger partial charge on any atom is -0.356 e. The third kappa shape index (κ3) is 2.88. The molecule has 0 spiro atoms. The summed E-state index contributed by atoms with van der Waals surface area (Å²) in [6, 6.07) is 0.128. The Morgan fingerprint density at radius 2 is 1.95 bits per heavy atom. The van der Waals surface area contributed by atoms with Gasteiger partial charge in [-0.15, -0.1) is 0 Å². The van der Waals surface area contributed by atoms with Crippen LogP contribution in [0.5, 0.6) is 0 Å². The van der Waals surface area contributed by atoms with Crippen molar-refractivity contribution in [2.24, 2.45) is 35.3 Å². The van der Waals surface area contributed by atoms with E-state index in [1.165, 1.54) is 44.9 Å². The summed E-state index contributed by atoms with van der Waals surface area (Å²) >= 11 is 0. The van der Waals surface area contributed by atoms with Crippen molar-refractivity contribution in [2.45, 2.75) is 64.3 Å². The van der Waals surface area contributed by atoms with Crippen LogP contribution >= 0.6 is 0 Å². The predicted octanol–water partition coefficient (Wildman–Crippen LogP) is 2.69. The molecular weight excluding hydrogens is 248 g/mol. The average molecular weight is 278 g/mol. The van der Waals surface area contributed by atoms with Gasteiger partial charge in [-0.25, -0.2) is 0 Å². The standard InChI is InChI=1S/C17H30N2O/c1-11-3-2-4-12(9-11)7-8-19-17(20)15-13-5-6-14(10-13)16(15)18/h11-16H,2-10,18H2,1H3,(H,19,20). The molecule has 6 unspecified atom stereocenters. The van der Waals surface area contributed by atoms with Crippen LogP contribution in [0.2, 0.25) is 0 Å². The van der Waals surface area contributed by atoms with Crippen LogP contribution in [0.3, 0.4) is 0 Å². The normalized spacial score (nSPS) is 43.7. The maximum absolute atomic E-state index is 12.4. The lowest BCUT2D eigenvalue weighted by Crippen LogP contribution is -2.45. The number of nitrogens with two attached hydrogens (primary N) is 1. The van der Waals surface area contributed by atoms with E-state index in [0.29, 0.717) is 11.8 Å². The molecule has 0 aliphatic heterocycles. The van der Waals surface area contributed by atoms with E-state index < -0.39 is 0 Å². The van der Waals surface area contributed by atoms with Crippen molar-refractivity contribution in [3.05, 3.63) is 0 Å². The van der Waals surface area contributed by atoms with Gasteiger partial charge in [-0.2, -0.15) is 0 Å². The number of fused-ring (bicyclic) bond motifs is 2. The Kier molecular flexibility index (Phi) is 4.34. The van der Waals surface area contributed by atoms with Crippen LogP contribution in [0, 0.1) is 29.6 Å². The van der Waals surface area contributed by atoms with Gasteiger partial charge in [0.1, 0.15) is 0 Å². The zero-order chi connectivity index (χ0) is 14.1. The van der Waals surface area contributed by atoms with Gasteiger partial charge in [-0.1, -0.05) is 26.2 Å². The lowest BCUT2D eigenvalue weighted by Gasteiger charge is -2.29. The first-order valence-corrected chi connectivity index (χ1v) is 8.68. The fourth-order valence-corrected chi connectivity index (χ4v) is 5.06.